The SMILES string of the molecule is O=C(CN1C(=O)NC2(CCCCCCC2)C1=O)NCc1ccco1. The van der Waals surface area contributed by atoms with Crippen molar-refractivity contribution in [3.05, 3.63) is 24.2 Å². The summed E-state index contributed by atoms with van der Waals surface area (Å²) in [6.07, 6.45) is 8.01. The fourth-order valence-electron chi connectivity index (χ4n) is 3.47. The highest BCUT2D eigenvalue weighted by Crippen LogP contribution is 2.31. The lowest BCUT2D eigenvalue weighted by Crippen LogP contribution is -2.48. The molecule has 1 saturated heterocycles. The van der Waals surface area contributed by atoms with Crippen molar-refractivity contribution in [2.75, 3.05) is 6.54 Å². The maximum atomic E-state index is 12.8. The molecule has 1 aromatic rings. The molecule has 0 aromatic carbocycles. The first-order valence-electron chi connectivity index (χ1n) is 8.54. The van der Waals surface area contributed by atoms with E-state index in [9.17, 15) is 14.4 Å². The Hall–Kier alpha value is -2.31. The first-order chi connectivity index (χ1) is 11.6. The van der Waals surface area contributed by atoms with Crippen molar-refractivity contribution in [3.63, 3.8) is 0 Å². The largest absolute Gasteiger partial charge is 0.467 e. The molecule has 1 aromatic heterocycles. The third-order valence-electron chi connectivity index (χ3n) is 4.79. The first-order valence-corrected chi connectivity index (χ1v) is 8.54. The number of hydrogen-bond donors (Lipinski definition) is 2. The highest BCUT2D eigenvalue weighted by Gasteiger charge is 2.50. The number of urea groups is 1. The molecule has 1 saturated carbocycles. The molecule has 2 N–H and O–H groups in total. The van der Waals surface area contributed by atoms with Gasteiger partial charge < -0.3 is 15.1 Å². The van der Waals surface area contributed by atoms with Gasteiger partial charge in [-0.2, -0.15) is 0 Å². The molecule has 130 valence electrons. The van der Waals surface area contributed by atoms with Gasteiger partial charge >= 0.3 is 6.03 Å². The van der Waals surface area contributed by atoms with Crippen LogP contribution in [0.5, 0.6) is 0 Å². The number of nitrogens with one attached hydrogen (secondary N) is 2. The van der Waals surface area contributed by atoms with E-state index >= 15 is 0 Å². The van der Waals surface area contributed by atoms with E-state index in [4.69, 9.17) is 4.42 Å². The van der Waals surface area contributed by atoms with Crippen molar-refractivity contribution >= 4 is 17.8 Å². The topological polar surface area (TPSA) is 91.7 Å². The molecule has 0 unspecified atom stereocenters. The molecule has 0 radical (unpaired) electrons. The number of amides is 4. The van der Waals surface area contributed by atoms with Crippen LogP contribution in [0, 0.1) is 0 Å². The van der Waals surface area contributed by atoms with Gasteiger partial charge in [0.2, 0.25) is 5.91 Å². The number of carbonyl (C=O) groups is 3. The molecular weight excluding hydrogens is 310 g/mol. The zero-order chi connectivity index (χ0) is 17.0. The molecule has 2 fully saturated rings. The van der Waals surface area contributed by atoms with Crippen LogP contribution in [0.25, 0.3) is 0 Å². The van der Waals surface area contributed by atoms with Gasteiger partial charge in [-0.25, -0.2) is 4.79 Å². The van der Waals surface area contributed by atoms with E-state index in [-0.39, 0.29) is 24.9 Å². The third kappa shape index (κ3) is 3.44. The van der Waals surface area contributed by atoms with Crippen LogP contribution in [0.2, 0.25) is 0 Å². The second kappa shape index (κ2) is 7.07. The predicted molar refractivity (Wildman–Crippen MR) is 85.8 cm³/mol. The highest BCUT2D eigenvalue weighted by atomic mass is 16.3. The molecule has 2 heterocycles. The molecule has 0 atom stereocenters. The standard InChI is InChI=1S/C17H23N3O4/c21-14(18-11-13-7-6-10-24-13)12-20-15(22)17(19-16(20)23)8-4-2-1-3-5-9-17/h6-7,10H,1-5,8-9,11-12H2,(H,18,21)(H,19,23). The fraction of sp³-hybridized carbons (Fsp3) is 0.588. The van der Waals surface area contributed by atoms with Crippen molar-refractivity contribution in [1.82, 2.24) is 15.5 Å². The summed E-state index contributed by atoms with van der Waals surface area (Å²) in [5.74, 6) is -0.0163. The Balaban J connectivity index is 1.60. The summed E-state index contributed by atoms with van der Waals surface area (Å²) in [6.45, 7) is -0.0201. The third-order valence-corrected chi connectivity index (χ3v) is 4.79. The molecule has 2 aliphatic rings. The predicted octanol–water partition coefficient (Wildman–Crippen LogP) is 1.93. The Bertz CT molecular complexity index is 603. The van der Waals surface area contributed by atoms with Crippen LogP contribution in [0.4, 0.5) is 4.79 Å². The zero-order valence-corrected chi connectivity index (χ0v) is 13.7. The Morgan fingerprint density at radius 1 is 1.21 bits per heavy atom. The van der Waals surface area contributed by atoms with Crippen molar-refractivity contribution in [2.24, 2.45) is 0 Å². The molecule has 24 heavy (non-hydrogen) atoms. The molecule has 1 aliphatic carbocycles. The summed E-state index contributed by atoms with van der Waals surface area (Å²) < 4.78 is 5.14. The van der Waals surface area contributed by atoms with Gasteiger partial charge in [0.05, 0.1) is 12.8 Å². The summed E-state index contributed by atoms with van der Waals surface area (Å²) in [4.78, 5) is 38.1. The van der Waals surface area contributed by atoms with Crippen molar-refractivity contribution in [2.45, 2.75) is 57.0 Å². The number of furan rings is 1. The zero-order valence-electron chi connectivity index (χ0n) is 13.7. The number of carbonyl (C=O) groups excluding carboxylic acids is 3. The quantitative estimate of drug-likeness (QED) is 0.824. The molecule has 3 rings (SSSR count). The monoisotopic (exact) mass is 333 g/mol. The smallest absolute Gasteiger partial charge is 0.325 e. The minimum atomic E-state index is -0.807. The van der Waals surface area contributed by atoms with E-state index in [0.29, 0.717) is 18.6 Å². The van der Waals surface area contributed by atoms with Crippen molar-refractivity contribution in [1.29, 1.82) is 0 Å². The first kappa shape index (κ1) is 16.5. The van der Waals surface area contributed by atoms with Gasteiger partial charge in [0, 0.05) is 0 Å². The molecular formula is C17H23N3O4. The van der Waals surface area contributed by atoms with E-state index in [0.717, 1.165) is 30.6 Å². The van der Waals surface area contributed by atoms with Crippen LogP contribution in [0.15, 0.2) is 22.8 Å². The number of hydrogen-bond acceptors (Lipinski definition) is 4. The van der Waals surface area contributed by atoms with Gasteiger partial charge in [-0.1, -0.05) is 32.1 Å². The molecule has 7 heteroatoms. The van der Waals surface area contributed by atoms with Crippen LogP contribution in [-0.4, -0.2) is 34.8 Å². The highest BCUT2D eigenvalue weighted by molar-refractivity contribution is 6.09. The summed E-state index contributed by atoms with van der Waals surface area (Å²) in [5.41, 5.74) is -0.807. The fourth-order valence-corrected chi connectivity index (χ4v) is 3.47. The average Bonchev–Trinajstić information content (AvgIpc) is 3.12. The van der Waals surface area contributed by atoms with Crippen LogP contribution < -0.4 is 10.6 Å². The maximum absolute atomic E-state index is 12.8. The minimum Gasteiger partial charge on any atom is -0.467 e. The summed E-state index contributed by atoms with van der Waals surface area (Å²) >= 11 is 0. The van der Waals surface area contributed by atoms with Crippen molar-refractivity contribution in [3.8, 4) is 0 Å². The van der Waals surface area contributed by atoms with E-state index in [1.807, 2.05) is 0 Å². The number of rotatable bonds is 4. The van der Waals surface area contributed by atoms with Gasteiger partial charge in [-0.05, 0) is 25.0 Å². The van der Waals surface area contributed by atoms with Gasteiger partial charge in [0.1, 0.15) is 17.8 Å². The Morgan fingerprint density at radius 2 is 1.92 bits per heavy atom. The lowest BCUT2D eigenvalue weighted by molar-refractivity contribution is -0.135. The van der Waals surface area contributed by atoms with Gasteiger partial charge in [0.15, 0.2) is 0 Å². The lowest BCUT2D eigenvalue weighted by atomic mass is 9.84. The van der Waals surface area contributed by atoms with E-state index in [1.54, 1.807) is 12.1 Å². The summed E-state index contributed by atoms with van der Waals surface area (Å²) in [7, 11) is 0. The Morgan fingerprint density at radius 3 is 2.58 bits per heavy atom. The molecule has 0 bridgehead atoms. The van der Waals surface area contributed by atoms with Gasteiger partial charge in [0.25, 0.3) is 5.91 Å². The average molecular weight is 333 g/mol. The Kier molecular flexibility index (Phi) is 4.87. The lowest BCUT2D eigenvalue weighted by Gasteiger charge is -2.28. The summed E-state index contributed by atoms with van der Waals surface area (Å²) in [6, 6.07) is 3.02. The molecule has 4 amide bonds. The second-order valence-electron chi connectivity index (χ2n) is 6.53. The molecule has 1 spiro atoms. The van der Waals surface area contributed by atoms with Crippen molar-refractivity contribution < 1.29 is 18.8 Å². The summed E-state index contributed by atoms with van der Waals surface area (Å²) in [5, 5.41) is 5.51. The normalized spacial score (nSPS) is 20.6. The minimum absolute atomic E-state index is 0.237. The van der Waals surface area contributed by atoms with Crippen LogP contribution in [-0.2, 0) is 16.1 Å². The number of nitrogens with zero attached hydrogens (tertiary/aromatic N) is 1. The van der Waals surface area contributed by atoms with Crippen LogP contribution in [0.1, 0.15) is 50.7 Å². The molecule has 1 aliphatic heterocycles. The van der Waals surface area contributed by atoms with E-state index < -0.39 is 11.6 Å². The van der Waals surface area contributed by atoms with Crippen LogP contribution >= 0.6 is 0 Å². The van der Waals surface area contributed by atoms with Crippen LogP contribution in [0.3, 0.4) is 0 Å². The van der Waals surface area contributed by atoms with E-state index in [1.165, 1.54) is 12.7 Å². The molecule has 7 nitrogen and oxygen atoms in total. The van der Waals surface area contributed by atoms with Gasteiger partial charge in [-0.15, -0.1) is 0 Å². The maximum Gasteiger partial charge on any atom is 0.325 e. The second-order valence-corrected chi connectivity index (χ2v) is 6.53. The Labute approximate surface area is 140 Å². The van der Waals surface area contributed by atoms with E-state index in [2.05, 4.69) is 10.6 Å². The van der Waals surface area contributed by atoms with Gasteiger partial charge in [-0.3, -0.25) is 14.5 Å². The number of imide groups is 1.